The summed E-state index contributed by atoms with van der Waals surface area (Å²) in [6.07, 6.45) is 2.03. The number of ether oxygens (including phenoxy) is 1. The average Bonchev–Trinajstić information content (AvgIpc) is 3.26. The van der Waals surface area contributed by atoms with Gasteiger partial charge in [0.1, 0.15) is 11.4 Å². The van der Waals surface area contributed by atoms with Crippen molar-refractivity contribution in [3.63, 3.8) is 0 Å². The number of hydrogen-bond acceptors (Lipinski definition) is 3. The minimum Gasteiger partial charge on any atom is -0.372 e. The summed E-state index contributed by atoms with van der Waals surface area (Å²) in [4.78, 5) is 15.3. The summed E-state index contributed by atoms with van der Waals surface area (Å²) >= 11 is 0. The smallest absolute Gasteiger partial charge is 0.272 e. The fourth-order valence-corrected chi connectivity index (χ4v) is 3.85. The number of amides is 1. The minimum absolute atomic E-state index is 0.0172. The number of benzene rings is 1. The summed E-state index contributed by atoms with van der Waals surface area (Å²) in [6.45, 7) is 7.22. The van der Waals surface area contributed by atoms with Crippen LogP contribution in [0.1, 0.15) is 29.9 Å². The second-order valence-corrected chi connectivity index (χ2v) is 7.64. The summed E-state index contributed by atoms with van der Waals surface area (Å²) in [7, 11) is 1.98. The van der Waals surface area contributed by atoms with E-state index >= 15 is 0 Å². The highest BCUT2D eigenvalue weighted by Crippen LogP contribution is 2.24. The first-order chi connectivity index (χ1) is 13.4. The molecule has 0 radical (unpaired) electrons. The standard InChI is InChI=1S/C22H26N4O2/c1-15-7-5-8-18(11-15)26-21(12-19(23-26)20-9-6-10-24(20)4)22(27)25-13-16(2)28-17(3)14-25/h5-12,16-17H,13-14H2,1-4H3. The van der Waals surface area contributed by atoms with Crippen LogP contribution in [0.2, 0.25) is 0 Å². The molecule has 3 heterocycles. The van der Waals surface area contributed by atoms with Crippen molar-refractivity contribution in [1.29, 1.82) is 0 Å². The highest BCUT2D eigenvalue weighted by atomic mass is 16.5. The normalized spacial score (nSPS) is 19.8. The van der Waals surface area contributed by atoms with E-state index in [1.54, 1.807) is 4.68 Å². The van der Waals surface area contributed by atoms with Gasteiger partial charge in [0.25, 0.3) is 5.91 Å². The van der Waals surface area contributed by atoms with E-state index in [-0.39, 0.29) is 18.1 Å². The Balaban J connectivity index is 1.79. The number of carbonyl (C=O) groups is 1. The zero-order valence-corrected chi connectivity index (χ0v) is 16.8. The van der Waals surface area contributed by atoms with Gasteiger partial charge in [-0.05, 0) is 56.7 Å². The second kappa shape index (κ2) is 7.28. The molecule has 0 aliphatic carbocycles. The highest BCUT2D eigenvalue weighted by Gasteiger charge is 2.29. The number of rotatable bonds is 3. The van der Waals surface area contributed by atoms with Crippen LogP contribution in [0.15, 0.2) is 48.7 Å². The Labute approximate surface area is 165 Å². The molecule has 0 bridgehead atoms. The first kappa shape index (κ1) is 18.5. The third kappa shape index (κ3) is 3.47. The van der Waals surface area contributed by atoms with Gasteiger partial charge in [0.05, 0.1) is 23.6 Å². The van der Waals surface area contributed by atoms with E-state index in [9.17, 15) is 4.79 Å². The fourth-order valence-electron chi connectivity index (χ4n) is 3.85. The average molecular weight is 378 g/mol. The fraction of sp³-hybridized carbons (Fsp3) is 0.364. The Kier molecular flexibility index (Phi) is 4.81. The molecule has 3 aromatic rings. The van der Waals surface area contributed by atoms with Crippen LogP contribution in [-0.2, 0) is 11.8 Å². The van der Waals surface area contributed by atoms with Crippen molar-refractivity contribution in [3.05, 3.63) is 59.9 Å². The van der Waals surface area contributed by atoms with Gasteiger partial charge in [0.2, 0.25) is 0 Å². The maximum absolute atomic E-state index is 13.4. The number of carbonyl (C=O) groups excluding carboxylic acids is 1. The zero-order chi connectivity index (χ0) is 19.8. The van der Waals surface area contributed by atoms with Crippen LogP contribution in [0.4, 0.5) is 0 Å². The number of morpholine rings is 1. The second-order valence-electron chi connectivity index (χ2n) is 7.64. The van der Waals surface area contributed by atoms with Crippen molar-refractivity contribution in [1.82, 2.24) is 19.2 Å². The molecule has 4 rings (SSSR count). The van der Waals surface area contributed by atoms with Gasteiger partial charge in [-0.1, -0.05) is 12.1 Å². The van der Waals surface area contributed by atoms with Crippen molar-refractivity contribution in [2.24, 2.45) is 7.05 Å². The molecular weight excluding hydrogens is 352 g/mol. The van der Waals surface area contributed by atoms with Crippen molar-refractivity contribution >= 4 is 5.91 Å². The monoisotopic (exact) mass is 378 g/mol. The lowest BCUT2D eigenvalue weighted by atomic mass is 10.2. The van der Waals surface area contributed by atoms with Crippen molar-refractivity contribution in [3.8, 4) is 17.1 Å². The molecule has 1 aliphatic heterocycles. The van der Waals surface area contributed by atoms with Crippen molar-refractivity contribution in [2.75, 3.05) is 13.1 Å². The third-order valence-electron chi connectivity index (χ3n) is 5.09. The molecule has 2 unspecified atom stereocenters. The molecule has 1 aromatic carbocycles. The van der Waals surface area contributed by atoms with Crippen LogP contribution in [0.25, 0.3) is 17.1 Å². The van der Waals surface area contributed by atoms with Gasteiger partial charge in [-0.3, -0.25) is 4.79 Å². The number of nitrogens with zero attached hydrogens (tertiary/aromatic N) is 4. The molecule has 28 heavy (non-hydrogen) atoms. The summed E-state index contributed by atoms with van der Waals surface area (Å²) in [5, 5.41) is 4.80. The molecule has 2 atom stereocenters. The quantitative estimate of drug-likeness (QED) is 0.702. The van der Waals surface area contributed by atoms with Crippen LogP contribution in [0.5, 0.6) is 0 Å². The maximum Gasteiger partial charge on any atom is 0.272 e. The first-order valence-corrected chi connectivity index (χ1v) is 9.66. The van der Waals surface area contributed by atoms with Gasteiger partial charge in [-0.15, -0.1) is 0 Å². The molecule has 0 N–H and O–H groups in total. The van der Waals surface area contributed by atoms with Crippen LogP contribution in [-0.4, -0.2) is 50.5 Å². The topological polar surface area (TPSA) is 52.3 Å². The molecule has 6 heteroatoms. The number of aromatic nitrogens is 3. The van der Waals surface area contributed by atoms with Crippen molar-refractivity contribution < 1.29 is 9.53 Å². The number of hydrogen-bond donors (Lipinski definition) is 0. The molecule has 6 nitrogen and oxygen atoms in total. The molecule has 0 saturated carbocycles. The molecule has 1 aliphatic rings. The van der Waals surface area contributed by atoms with Gasteiger partial charge in [-0.2, -0.15) is 5.10 Å². The molecule has 2 aromatic heterocycles. The van der Waals surface area contributed by atoms with Gasteiger partial charge in [-0.25, -0.2) is 4.68 Å². The van der Waals surface area contributed by atoms with E-state index in [1.807, 2.05) is 85.9 Å². The summed E-state index contributed by atoms with van der Waals surface area (Å²) in [5.41, 5.74) is 4.34. The third-order valence-corrected chi connectivity index (χ3v) is 5.09. The highest BCUT2D eigenvalue weighted by molar-refractivity contribution is 5.94. The van der Waals surface area contributed by atoms with Gasteiger partial charge in [0, 0.05) is 26.3 Å². The Bertz CT molecular complexity index is 994. The van der Waals surface area contributed by atoms with Crippen molar-refractivity contribution in [2.45, 2.75) is 33.0 Å². The Morgan fingerprint density at radius 3 is 2.50 bits per heavy atom. The lowest BCUT2D eigenvalue weighted by Gasteiger charge is -2.35. The van der Waals surface area contributed by atoms with Crippen LogP contribution >= 0.6 is 0 Å². The molecule has 1 fully saturated rings. The van der Waals surface area contributed by atoms with E-state index in [4.69, 9.17) is 9.84 Å². The largest absolute Gasteiger partial charge is 0.372 e. The van der Waals surface area contributed by atoms with Crippen LogP contribution < -0.4 is 0 Å². The Morgan fingerprint density at radius 2 is 1.86 bits per heavy atom. The lowest BCUT2D eigenvalue weighted by Crippen LogP contribution is -2.48. The molecule has 1 saturated heterocycles. The van der Waals surface area contributed by atoms with E-state index in [2.05, 4.69) is 0 Å². The van der Waals surface area contributed by atoms with Gasteiger partial charge in [0.15, 0.2) is 0 Å². The molecular formula is C22H26N4O2. The first-order valence-electron chi connectivity index (χ1n) is 9.66. The van der Waals surface area contributed by atoms with Gasteiger partial charge < -0.3 is 14.2 Å². The van der Waals surface area contributed by atoms with E-state index in [1.165, 1.54) is 0 Å². The SMILES string of the molecule is Cc1cccc(-n2nc(-c3cccn3C)cc2C(=O)N2CC(C)OC(C)C2)c1. The zero-order valence-electron chi connectivity index (χ0n) is 16.8. The Hall–Kier alpha value is -2.86. The molecule has 146 valence electrons. The lowest BCUT2D eigenvalue weighted by molar-refractivity contribution is -0.0588. The van der Waals surface area contributed by atoms with Crippen LogP contribution in [0.3, 0.4) is 0 Å². The maximum atomic E-state index is 13.4. The van der Waals surface area contributed by atoms with Crippen LogP contribution in [0, 0.1) is 6.92 Å². The van der Waals surface area contributed by atoms with Gasteiger partial charge >= 0.3 is 0 Å². The summed E-state index contributed by atoms with van der Waals surface area (Å²) < 4.78 is 9.57. The Morgan fingerprint density at radius 1 is 1.11 bits per heavy atom. The van der Waals surface area contributed by atoms with E-state index in [0.29, 0.717) is 18.8 Å². The summed E-state index contributed by atoms with van der Waals surface area (Å²) in [6, 6.07) is 13.9. The summed E-state index contributed by atoms with van der Waals surface area (Å²) in [5.74, 6) is -0.0172. The van der Waals surface area contributed by atoms with E-state index in [0.717, 1.165) is 22.6 Å². The van der Waals surface area contributed by atoms with E-state index < -0.39 is 0 Å². The minimum atomic E-state index is -0.0172. The molecule has 0 spiro atoms. The number of aryl methyl sites for hydroxylation is 2. The molecule has 1 amide bonds. The predicted octanol–water partition coefficient (Wildman–Crippen LogP) is 3.44. The predicted molar refractivity (Wildman–Crippen MR) is 109 cm³/mol.